The summed E-state index contributed by atoms with van der Waals surface area (Å²) in [5.41, 5.74) is 0. The maximum atomic E-state index is 4.13. The molecule has 106 valence electrons. The van der Waals surface area contributed by atoms with Crippen LogP contribution in [0.3, 0.4) is 0 Å². The second-order valence-electron chi connectivity index (χ2n) is 5.45. The summed E-state index contributed by atoms with van der Waals surface area (Å²) in [6, 6.07) is 0.734. The standard InChI is InChI=1S/C12H23N7/c1-2-5-19-12(14-15-16-19)10-17-8-11(9-17)18-6-3-13-4-7-18/h11,13H,2-10H2,1H3. The van der Waals surface area contributed by atoms with Gasteiger partial charge >= 0.3 is 0 Å². The fourth-order valence-electron chi connectivity index (χ4n) is 2.87. The first-order valence-electron chi connectivity index (χ1n) is 7.29. The van der Waals surface area contributed by atoms with Gasteiger partial charge in [0.2, 0.25) is 0 Å². The van der Waals surface area contributed by atoms with E-state index in [4.69, 9.17) is 0 Å². The Bertz CT molecular complexity index is 393. The number of aryl methyl sites for hydroxylation is 1. The molecule has 7 heteroatoms. The Labute approximate surface area is 113 Å². The van der Waals surface area contributed by atoms with E-state index < -0.39 is 0 Å². The minimum Gasteiger partial charge on any atom is -0.314 e. The van der Waals surface area contributed by atoms with E-state index in [0.717, 1.165) is 57.6 Å². The maximum absolute atomic E-state index is 4.13. The zero-order chi connectivity index (χ0) is 13.1. The first kappa shape index (κ1) is 13.0. The highest BCUT2D eigenvalue weighted by Gasteiger charge is 2.32. The molecule has 0 spiro atoms. The number of likely N-dealkylation sites (tertiary alicyclic amines) is 1. The predicted molar refractivity (Wildman–Crippen MR) is 71.6 cm³/mol. The molecule has 19 heavy (non-hydrogen) atoms. The number of hydrogen-bond donors (Lipinski definition) is 1. The minimum absolute atomic E-state index is 0.734. The third-order valence-corrected chi connectivity index (χ3v) is 4.01. The van der Waals surface area contributed by atoms with Gasteiger partial charge in [-0.2, -0.15) is 0 Å². The van der Waals surface area contributed by atoms with Crippen molar-refractivity contribution in [2.45, 2.75) is 32.5 Å². The van der Waals surface area contributed by atoms with Gasteiger partial charge in [-0.3, -0.25) is 9.80 Å². The molecule has 0 aromatic carbocycles. The largest absolute Gasteiger partial charge is 0.314 e. The summed E-state index contributed by atoms with van der Waals surface area (Å²) in [5.74, 6) is 1.00. The first-order chi connectivity index (χ1) is 9.36. The molecule has 0 unspecified atom stereocenters. The van der Waals surface area contributed by atoms with Gasteiger partial charge in [-0.1, -0.05) is 6.92 Å². The normalized spacial score (nSPS) is 22.6. The van der Waals surface area contributed by atoms with E-state index in [1.165, 1.54) is 13.1 Å². The molecule has 1 N–H and O–H groups in total. The van der Waals surface area contributed by atoms with Crippen molar-refractivity contribution in [3.8, 4) is 0 Å². The second-order valence-corrected chi connectivity index (χ2v) is 5.45. The number of tetrazole rings is 1. The Hall–Kier alpha value is -1.05. The molecule has 0 saturated carbocycles. The van der Waals surface area contributed by atoms with Crippen molar-refractivity contribution in [3.05, 3.63) is 5.82 Å². The lowest BCUT2D eigenvalue weighted by Crippen LogP contribution is -2.62. The molecule has 0 radical (unpaired) electrons. The number of nitrogens with zero attached hydrogens (tertiary/aromatic N) is 6. The Morgan fingerprint density at radius 3 is 2.79 bits per heavy atom. The van der Waals surface area contributed by atoms with Crippen LogP contribution in [0.5, 0.6) is 0 Å². The van der Waals surface area contributed by atoms with E-state index in [1.807, 2.05) is 4.68 Å². The number of rotatable bonds is 5. The van der Waals surface area contributed by atoms with Crippen LogP contribution in [-0.4, -0.2) is 75.3 Å². The molecule has 0 atom stereocenters. The van der Waals surface area contributed by atoms with Crippen LogP contribution in [-0.2, 0) is 13.1 Å². The minimum atomic E-state index is 0.734. The fourth-order valence-corrected chi connectivity index (χ4v) is 2.87. The van der Waals surface area contributed by atoms with Crippen molar-refractivity contribution in [1.29, 1.82) is 0 Å². The zero-order valence-corrected chi connectivity index (χ0v) is 11.6. The lowest BCUT2D eigenvalue weighted by Gasteiger charge is -2.46. The van der Waals surface area contributed by atoms with Crippen molar-refractivity contribution in [2.75, 3.05) is 39.3 Å². The molecule has 2 aliphatic rings. The number of piperazine rings is 1. The van der Waals surface area contributed by atoms with Crippen LogP contribution >= 0.6 is 0 Å². The van der Waals surface area contributed by atoms with Gasteiger partial charge in [-0.15, -0.1) is 5.10 Å². The molecule has 1 aromatic rings. The molecule has 2 saturated heterocycles. The Morgan fingerprint density at radius 1 is 1.26 bits per heavy atom. The number of nitrogens with one attached hydrogen (secondary N) is 1. The van der Waals surface area contributed by atoms with Gasteiger partial charge in [0.25, 0.3) is 0 Å². The molecule has 0 bridgehead atoms. The molecule has 1 aromatic heterocycles. The van der Waals surface area contributed by atoms with Gasteiger partial charge in [-0.05, 0) is 16.8 Å². The Kier molecular flexibility index (Phi) is 4.05. The van der Waals surface area contributed by atoms with Crippen molar-refractivity contribution < 1.29 is 0 Å². The van der Waals surface area contributed by atoms with Crippen molar-refractivity contribution in [2.24, 2.45) is 0 Å². The molecule has 3 rings (SSSR count). The van der Waals surface area contributed by atoms with E-state index in [-0.39, 0.29) is 0 Å². The van der Waals surface area contributed by atoms with E-state index >= 15 is 0 Å². The Morgan fingerprint density at radius 2 is 2.05 bits per heavy atom. The van der Waals surface area contributed by atoms with Crippen molar-refractivity contribution >= 4 is 0 Å². The van der Waals surface area contributed by atoms with Crippen LogP contribution in [0.2, 0.25) is 0 Å². The number of aromatic nitrogens is 4. The number of hydrogen-bond acceptors (Lipinski definition) is 6. The monoisotopic (exact) mass is 265 g/mol. The quantitative estimate of drug-likeness (QED) is 0.750. The van der Waals surface area contributed by atoms with Crippen molar-refractivity contribution in [1.82, 2.24) is 35.3 Å². The highest BCUT2D eigenvalue weighted by atomic mass is 15.5. The average Bonchev–Trinajstić information content (AvgIpc) is 2.82. The highest BCUT2D eigenvalue weighted by molar-refractivity contribution is 4.93. The molecular formula is C12H23N7. The van der Waals surface area contributed by atoms with E-state index in [9.17, 15) is 0 Å². The van der Waals surface area contributed by atoms with Crippen LogP contribution in [0.25, 0.3) is 0 Å². The van der Waals surface area contributed by atoms with Crippen molar-refractivity contribution in [3.63, 3.8) is 0 Å². The van der Waals surface area contributed by atoms with E-state index in [2.05, 4.69) is 37.6 Å². The molecule has 0 amide bonds. The summed E-state index contributed by atoms with van der Waals surface area (Å²) >= 11 is 0. The summed E-state index contributed by atoms with van der Waals surface area (Å²) in [7, 11) is 0. The van der Waals surface area contributed by atoms with Gasteiger partial charge < -0.3 is 5.32 Å². The Balaban J connectivity index is 1.46. The SMILES string of the molecule is CCCn1nnnc1CN1CC(N2CCNCC2)C1. The van der Waals surface area contributed by atoms with Gasteiger partial charge in [-0.25, -0.2) is 4.68 Å². The molecule has 0 aliphatic carbocycles. The molecule has 3 heterocycles. The van der Waals surface area contributed by atoms with E-state index in [1.54, 1.807) is 0 Å². The van der Waals surface area contributed by atoms with Gasteiger partial charge in [0, 0.05) is 51.9 Å². The lowest BCUT2D eigenvalue weighted by molar-refractivity contribution is 0.0199. The van der Waals surface area contributed by atoms with Gasteiger partial charge in [0.15, 0.2) is 5.82 Å². The first-order valence-corrected chi connectivity index (χ1v) is 7.29. The predicted octanol–water partition coefficient (Wildman–Crippen LogP) is -0.827. The summed E-state index contributed by atoms with van der Waals surface area (Å²) in [5, 5.41) is 15.3. The van der Waals surface area contributed by atoms with E-state index in [0.29, 0.717) is 0 Å². The summed E-state index contributed by atoms with van der Waals surface area (Å²) in [6.45, 7) is 10.9. The highest BCUT2D eigenvalue weighted by Crippen LogP contribution is 2.17. The molecular weight excluding hydrogens is 242 g/mol. The summed E-state index contributed by atoms with van der Waals surface area (Å²) < 4.78 is 1.93. The van der Waals surface area contributed by atoms with Crippen LogP contribution in [0.4, 0.5) is 0 Å². The van der Waals surface area contributed by atoms with Crippen LogP contribution in [0, 0.1) is 0 Å². The molecule has 2 aliphatic heterocycles. The second kappa shape index (κ2) is 5.94. The molecule has 7 nitrogen and oxygen atoms in total. The topological polar surface area (TPSA) is 62.1 Å². The maximum Gasteiger partial charge on any atom is 0.165 e. The van der Waals surface area contributed by atoms with Crippen LogP contribution in [0.1, 0.15) is 19.2 Å². The average molecular weight is 265 g/mol. The van der Waals surface area contributed by atoms with Gasteiger partial charge in [0.1, 0.15) is 0 Å². The third-order valence-electron chi connectivity index (χ3n) is 4.01. The smallest absolute Gasteiger partial charge is 0.165 e. The van der Waals surface area contributed by atoms with Crippen LogP contribution in [0.15, 0.2) is 0 Å². The third kappa shape index (κ3) is 2.93. The van der Waals surface area contributed by atoms with Gasteiger partial charge in [0.05, 0.1) is 6.54 Å². The fraction of sp³-hybridized carbons (Fsp3) is 0.917. The molecule has 2 fully saturated rings. The summed E-state index contributed by atoms with van der Waals surface area (Å²) in [4.78, 5) is 5.03. The zero-order valence-electron chi connectivity index (χ0n) is 11.6. The summed E-state index contributed by atoms with van der Waals surface area (Å²) in [6.07, 6.45) is 1.07. The lowest BCUT2D eigenvalue weighted by atomic mass is 10.1. The van der Waals surface area contributed by atoms with Crippen LogP contribution < -0.4 is 5.32 Å².